The molecule has 2 aromatic rings. The number of carbonyl (C=O) groups is 1. The van der Waals surface area contributed by atoms with Crippen LogP contribution in [0.2, 0.25) is 5.15 Å². The monoisotopic (exact) mass is 248 g/mol. The summed E-state index contributed by atoms with van der Waals surface area (Å²) in [6.07, 6.45) is 4.36. The molecule has 86 valence electrons. The molecular weight excluding hydrogens is 240 g/mol. The quantitative estimate of drug-likeness (QED) is 0.813. The van der Waals surface area contributed by atoms with Crippen LogP contribution in [0.3, 0.4) is 0 Å². The van der Waals surface area contributed by atoms with E-state index in [2.05, 4.69) is 15.0 Å². The highest BCUT2D eigenvalue weighted by molar-refractivity contribution is 6.29. The number of amides is 1. The average molecular weight is 249 g/mol. The normalized spacial score (nSPS) is 10.0. The zero-order chi connectivity index (χ0) is 12.3. The van der Waals surface area contributed by atoms with Crippen LogP contribution in [0.4, 0.5) is 5.82 Å². The van der Waals surface area contributed by atoms with Crippen LogP contribution in [0, 0.1) is 0 Å². The first-order valence-electron chi connectivity index (χ1n) is 4.85. The molecule has 0 aliphatic rings. The van der Waals surface area contributed by atoms with Crippen LogP contribution >= 0.6 is 11.6 Å². The number of hydrogen-bond acceptors (Lipinski definition) is 4. The summed E-state index contributed by atoms with van der Waals surface area (Å²) in [5, 5.41) is 0.185. The van der Waals surface area contributed by atoms with E-state index in [1.54, 1.807) is 31.4 Å². The molecule has 2 rings (SSSR count). The minimum atomic E-state index is -0.307. The molecule has 0 atom stereocenters. The van der Waals surface area contributed by atoms with E-state index in [0.717, 1.165) is 0 Å². The predicted octanol–water partition coefficient (Wildman–Crippen LogP) is 1.80. The molecule has 17 heavy (non-hydrogen) atoms. The lowest BCUT2D eigenvalue weighted by atomic mass is 10.3. The molecule has 0 radical (unpaired) electrons. The second-order valence-corrected chi connectivity index (χ2v) is 3.67. The number of halogens is 1. The lowest BCUT2D eigenvalue weighted by Gasteiger charge is -2.14. The predicted molar refractivity (Wildman–Crippen MR) is 64.0 cm³/mol. The summed E-state index contributed by atoms with van der Waals surface area (Å²) in [6.45, 7) is 0. The van der Waals surface area contributed by atoms with Gasteiger partial charge in [-0.05, 0) is 12.1 Å². The number of aromatic nitrogens is 3. The third-order valence-corrected chi connectivity index (χ3v) is 2.30. The first-order chi connectivity index (χ1) is 8.18. The van der Waals surface area contributed by atoms with Crippen molar-refractivity contribution in [3.05, 3.63) is 47.6 Å². The van der Waals surface area contributed by atoms with Gasteiger partial charge in [-0.1, -0.05) is 17.7 Å². The van der Waals surface area contributed by atoms with Gasteiger partial charge in [-0.15, -0.1) is 0 Å². The highest BCUT2D eigenvalue weighted by atomic mass is 35.5. The van der Waals surface area contributed by atoms with Crippen molar-refractivity contribution in [3.63, 3.8) is 0 Å². The summed E-state index contributed by atoms with van der Waals surface area (Å²) in [5.74, 6) is 0.234. The van der Waals surface area contributed by atoms with Crippen molar-refractivity contribution in [2.75, 3.05) is 11.9 Å². The zero-order valence-corrected chi connectivity index (χ0v) is 9.80. The van der Waals surface area contributed by atoms with Gasteiger partial charge in [-0.3, -0.25) is 14.7 Å². The Labute approximate surface area is 103 Å². The van der Waals surface area contributed by atoms with Crippen molar-refractivity contribution in [1.82, 2.24) is 15.0 Å². The molecule has 0 aliphatic heterocycles. The van der Waals surface area contributed by atoms with Gasteiger partial charge in [0.05, 0.1) is 12.4 Å². The Hall–Kier alpha value is -2.01. The largest absolute Gasteiger partial charge is 0.294 e. The van der Waals surface area contributed by atoms with Gasteiger partial charge in [-0.25, -0.2) is 9.97 Å². The fourth-order valence-electron chi connectivity index (χ4n) is 1.27. The van der Waals surface area contributed by atoms with Gasteiger partial charge < -0.3 is 0 Å². The van der Waals surface area contributed by atoms with Gasteiger partial charge in [0.25, 0.3) is 5.91 Å². The molecule has 2 heterocycles. The van der Waals surface area contributed by atoms with Crippen LogP contribution in [0.25, 0.3) is 0 Å². The van der Waals surface area contributed by atoms with Gasteiger partial charge >= 0.3 is 0 Å². The van der Waals surface area contributed by atoms with Gasteiger partial charge in [0.1, 0.15) is 16.7 Å². The first kappa shape index (κ1) is 11.5. The Morgan fingerprint density at radius 1 is 1.35 bits per heavy atom. The third-order valence-electron chi connectivity index (χ3n) is 2.12. The van der Waals surface area contributed by atoms with Crippen LogP contribution in [0.5, 0.6) is 0 Å². The third kappa shape index (κ3) is 2.57. The van der Waals surface area contributed by atoms with Crippen LogP contribution in [-0.4, -0.2) is 27.9 Å². The molecule has 0 aromatic carbocycles. The van der Waals surface area contributed by atoms with Crippen molar-refractivity contribution < 1.29 is 4.79 Å². The highest BCUT2D eigenvalue weighted by Crippen LogP contribution is 2.11. The Morgan fingerprint density at radius 3 is 2.82 bits per heavy atom. The molecule has 0 unspecified atom stereocenters. The molecule has 1 amide bonds. The molecular formula is C11H9ClN4O. The Morgan fingerprint density at radius 2 is 2.18 bits per heavy atom. The fraction of sp³-hybridized carbons (Fsp3) is 0.0909. The van der Waals surface area contributed by atoms with Gasteiger partial charge in [0, 0.05) is 13.2 Å². The maximum Gasteiger partial charge on any atom is 0.279 e. The second-order valence-electron chi connectivity index (χ2n) is 3.28. The van der Waals surface area contributed by atoms with Crippen molar-refractivity contribution in [1.29, 1.82) is 0 Å². The zero-order valence-electron chi connectivity index (χ0n) is 9.04. The van der Waals surface area contributed by atoms with E-state index in [4.69, 9.17) is 11.6 Å². The highest BCUT2D eigenvalue weighted by Gasteiger charge is 2.16. The number of rotatable bonds is 2. The van der Waals surface area contributed by atoms with Crippen molar-refractivity contribution >= 4 is 23.3 Å². The summed E-state index contributed by atoms with van der Waals surface area (Å²) in [7, 11) is 1.62. The van der Waals surface area contributed by atoms with Crippen LogP contribution < -0.4 is 4.90 Å². The van der Waals surface area contributed by atoms with Crippen LogP contribution in [0.1, 0.15) is 10.5 Å². The number of hydrogen-bond donors (Lipinski definition) is 0. The van der Waals surface area contributed by atoms with Crippen LogP contribution in [-0.2, 0) is 0 Å². The molecule has 5 nitrogen and oxygen atoms in total. The van der Waals surface area contributed by atoms with Crippen molar-refractivity contribution in [3.8, 4) is 0 Å². The van der Waals surface area contributed by atoms with E-state index in [9.17, 15) is 4.79 Å². The first-order valence-corrected chi connectivity index (χ1v) is 5.23. The molecule has 0 saturated heterocycles. The molecule has 0 fully saturated rings. The second kappa shape index (κ2) is 4.88. The maximum absolute atomic E-state index is 12.0. The van der Waals surface area contributed by atoms with E-state index < -0.39 is 0 Å². The lowest BCUT2D eigenvalue weighted by molar-refractivity contribution is 0.0987. The Bertz CT molecular complexity index is 532. The summed E-state index contributed by atoms with van der Waals surface area (Å²) in [5.41, 5.74) is 0.186. The van der Waals surface area contributed by atoms with Crippen LogP contribution in [0.15, 0.2) is 36.8 Å². The summed E-state index contributed by atoms with van der Waals surface area (Å²) >= 11 is 5.68. The lowest BCUT2D eigenvalue weighted by Crippen LogP contribution is -2.27. The molecule has 0 saturated carbocycles. The van der Waals surface area contributed by atoms with E-state index in [-0.39, 0.29) is 16.8 Å². The van der Waals surface area contributed by atoms with Gasteiger partial charge in [0.2, 0.25) is 0 Å². The standard InChI is InChI=1S/C11H9ClN4O/c1-16(10-4-2-3-5-14-10)11(17)8-6-13-7-9(12)15-8/h2-7H,1H3. The summed E-state index contributed by atoms with van der Waals surface area (Å²) in [4.78, 5) is 25.2. The Balaban J connectivity index is 2.27. The molecule has 0 N–H and O–H groups in total. The maximum atomic E-state index is 12.0. The topological polar surface area (TPSA) is 59.0 Å². The number of pyridine rings is 1. The smallest absolute Gasteiger partial charge is 0.279 e. The molecule has 0 bridgehead atoms. The van der Waals surface area contributed by atoms with E-state index in [1.165, 1.54) is 17.3 Å². The van der Waals surface area contributed by atoms with Gasteiger partial charge in [-0.2, -0.15) is 0 Å². The number of carbonyl (C=O) groups excluding carboxylic acids is 1. The Kier molecular flexibility index (Phi) is 3.30. The summed E-state index contributed by atoms with van der Waals surface area (Å²) < 4.78 is 0. The summed E-state index contributed by atoms with van der Waals surface area (Å²) in [6, 6.07) is 5.31. The van der Waals surface area contributed by atoms with E-state index in [1.807, 2.05) is 0 Å². The van der Waals surface area contributed by atoms with Gasteiger partial charge in [0.15, 0.2) is 0 Å². The fourth-order valence-corrected chi connectivity index (χ4v) is 1.42. The van der Waals surface area contributed by atoms with E-state index in [0.29, 0.717) is 5.82 Å². The van der Waals surface area contributed by atoms with Crippen molar-refractivity contribution in [2.24, 2.45) is 0 Å². The number of anilines is 1. The molecule has 2 aromatic heterocycles. The minimum Gasteiger partial charge on any atom is -0.294 e. The SMILES string of the molecule is CN(C(=O)c1cncc(Cl)n1)c1ccccn1. The average Bonchev–Trinajstić information content (AvgIpc) is 2.38. The molecule has 0 aliphatic carbocycles. The number of nitrogens with zero attached hydrogens (tertiary/aromatic N) is 4. The minimum absolute atomic E-state index is 0.185. The van der Waals surface area contributed by atoms with E-state index >= 15 is 0 Å². The van der Waals surface area contributed by atoms with Crippen molar-refractivity contribution in [2.45, 2.75) is 0 Å². The molecule has 0 spiro atoms. The molecule has 6 heteroatoms.